The summed E-state index contributed by atoms with van der Waals surface area (Å²) in [6, 6.07) is 22.8. The Balaban J connectivity index is 1.65. The first kappa shape index (κ1) is 21.5. The van der Waals surface area contributed by atoms with E-state index in [9.17, 15) is 4.79 Å². The first-order chi connectivity index (χ1) is 15.7. The van der Waals surface area contributed by atoms with Gasteiger partial charge in [0.05, 0.1) is 36.6 Å². The van der Waals surface area contributed by atoms with Gasteiger partial charge >= 0.3 is 0 Å². The molecule has 3 aromatic carbocycles. The number of fused-ring (bicyclic) bond motifs is 1. The van der Waals surface area contributed by atoms with E-state index < -0.39 is 0 Å². The van der Waals surface area contributed by atoms with Crippen LogP contribution in [0.3, 0.4) is 0 Å². The van der Waals surface area contributed by atoms with Crippen molar-refractivity contribution in [1.82, 2.24) is 4.98 Å². The number of hydrazone groups is 1. The maximum Gasteiger partial charge on any atom is 0.253 e. The van der Waals surface area contributed by atoms with Crippen molar-refractivity contribution >= 4 is 38.8 Å². The quantitative estimate of drug-likeness (QED) is 0.272. The fraction of sp³-hybridized carbons (Fsp3) is 0.160. The van der Waals surface area contributed by atoms with E-state index in [-0.39, 0.29) is 12.3 Å². The molecule has 0 bridgehead atoms. The number of ether oxygens (including phenoxy) is 2. The number of hydrogen-bond acceptors (Lipinski definition) is 6. The van der Waals surface area contributed by atoms with Crippen LogP contribution in [-0.4, -0.2) is 30.8 Å². The first-order valence-corrected chi connectivity index (χ1v) is 11.1. The normalized spacial score (nSPS) is 11.1. The second-order valence-corrected chi connectivity index (χ2v) is 7.95. The minimum Gasteiger partial charge on any atom is -0.497 e. The van der Waals surface area contributed by atoms with Gasteiger partial charge in [-0.1, -0.05) is 41.7 Å². The molecule has 0 aliphatic carbocycles. The van der Waals surface area contributed by atoms with Crippen molar-refractivity contribution in [2.75, 3.05) is 18.7 Å². The van der Waals surface area contributed by atoms with E-state index in [0.717, 1.165) is 32.8 Å². The summed E-state index contributed by atoms with van der Waals surface area (Å²) in [4.78, 5) is 17.8. The maximum atomic E-state index is 13.2. The van der Waals surface area contributed by atoms with Gasteiger partial charge in [-0.05, 0) is 60.5 Å². The molecule has 4 aromatic rings. The number of aromatic nitrogens is 1. The molecule has 0 aliphatic heterocycles. The zero-order valence-corrected chi connectivity index (χ0v) is 18.7. The van der Waals surface area contributed by atoms with Gasteiger partial charge in [0.2, 0.25) is 5.13 Å². The highest BCUT2D eigenvalue weighted by Gasteiger charge is 2.20. The Morgan fingerprint density at radius 3 is 2.53 bits per heavy atom. The second-order valence-electron chi connectivity index (χ2n) is 6.94. The summed E-state index contributed by atoms with van der Waals surface area (Å²) in [5.41, 5.74) is 2.56. The Bertz CT molecular complexity index is 1220. The second kappa shape index (κ2) is 10.1. The summed E-state index contributed by atoms with van der Waals surface area (Å²) in [5, 5.41) is 6.39. The standard InChI is InChI=1S/C25H23N3O3S/c1-3-31-20-11-9-19(10-12-20)17-26-28(24(29)15-18-7-5-4-6-8-18)25-27-22-14-13-21(30-2)16-23(22)32-25/h4-14,16-17H,3,15H2,1-2H3/b26-17+. The number of anilines is 1. The molecule has 0 aliphatic rings. The lowest BCUT2D eigenvalue weighted by Crippen LogP contribution is -2.27. The third kappa shape index (κ3) is 5.12. The van der Waals surface area contributed by atoms with E-state index in [1.807, 2.05) is 79.7 Å². The lowest BCUT2D eigenvalue weighted by molar-refractivity contribution is -0.118. The zero-order valence-electron chi connectivity index (χ0n) is 17.9. The van der Waals surface area contributed by atoms with E-state index >= 15 is 0 Å². The Morgan fingerprint density at radius 2 is 1.81 bits per heavy atom. The largest absolute Gasteiger partial charge is 0.497 e. The molecule has 0 N–H and O–H groups in total. The van der Waals surface area contributed by atoms with Crippen molar-refractivity contribution in [3.05, 3.63) is 83.9 Å². The predicted molar refractivity (Wildman–Crippen MR) is 129 cm³/mol. The molecule has 0 unspecified atom stereocenters. The number of nitrogens with zero attached hydrogens (tertiary/aromatic N) is 3. The molecule has 32 heavy (non-hydrogen) atoms. The van der Waals surface area contributed by atoms with Crippen LogP contribution >= 0.6 is 11.3 Å². The number of amides is 1. The summed E-state index contributed by atoms with van der Waals surface area (Å²) in [6.07, 6.45) is 1.88. The minimum atomic E-state index is -0.163. The van der Waals surface area contributed by atoms with Gasteiger partial charge in [0.15, 0.2) is 0 Å². The maximum absolute atomic E-state index is 13.2. The molecule has 1 amide bonds. The van der Waals surface area contributed by atoms with Crippen LogP contribution in [0.4, 0.5) is 5.13 Å². The van der Waals surface area contributed by atoms with Crippen LogP contribution in [0.5, 0.6) is 11.5 Å². The summed E-state index contributed by atoms with van der Waals surface area (Å²) in [5.74, 6) is 1.37. The number of rotatable bonds is 8. The molecule has 162 valence electrons. The van der Waals surface area contributed by atoms with E-state index in [1.54, 1.807) is 13.3 Å². The van der Waals surface area contributed by atoms with Crippen molar-refractivity contribution in [3.63, 3.8) is 0 Å². The van der Waals surface area contributed by atoms with Crippen LogP contribution in [0, 0.1) is 0 Å². The molecule has 0 saturated carbocycles. The molecular weight excluding hydrogens is 422 g/mol. The minimum absolute atomic E-state index is 0.163. The highest BCUT2D eigenvalue weighted by atomic mass is 32.1. The van der Waals surface area contributed by atoms with Gasteiger partial charge in [-0.25, -0.2) is 4.98 Å². The van der Waals surface area contributed by atoms with Crippen molar-refractivity contribution in [1.29, 1.82) is 0 Å². The molecule has 4 rings (SSSR count). The van der Waals surface area contributed by atoms with Crippen LogP contribution in [0.25, 0.3) is 10.2 Å². The van der Waals surface area contributed by atoms with Gasteiger partial charge in [0.1, 0.15) is 11.5 Å². The fourth-order valence-electron chi connectivity index (χ4n) is 3.12. The zero-order chi connectivity index (χ0) is 22.3. The first-order valence-electron chi connectivity index (χ1n) is 10.2. The van der Waals surface area contributed by atoms with Crippen molar-refractivity contribution in [2.24, 2.45) is 5.10 Å². The molecule has 0 fully saturated rings. The fourth-order valence-corrected chi connectivity index (χ4v) is 4.09. The predicted octanol–water partition coefficient (Wildman–Crippen LogP) is 5.31. The molecule has 0 atom stereocenters. The van der Waals surface area contributed by atoms with Crippen LogP contribution in [0.15, 0.2) is 77.9 Å². The third-order valence-electron chi connectivity index (χ3n) is 4.71. The molecule has 7 heteroatoms. The molecule has 0 spiro atoms. The summed E-state index contributed by atoms with van der Waals surface area (Å²) in [6.45, 7) is 2.55. The van der Waals surface area contributed by atoms with Crippen molar-refractivity contribution in [3.8, 4) is 11.5 Å². The Kier molecular flexibility index (Phi) is 6.77. The van der Waals surface area contributed by atoms with Gasteiger partial charge in [0, 0.05) is 0 Å². The van der Waals surface area contributed by atoms with E-state index in [4.69, 9.17) is 9.47 Å². The highest BCUT2D eigenvalue weighted by Crippen LogP contribution is 2.32. The lowest BCUT2D eigenvalue weighted by Gasteiger charge is -2.14. The Morgan fingerprint density at radius 1 is 1.06 bits per heavy atom. The van der Waals surface area contributed by atoms with Gasteiger partial charge < -0.3 is 9.47 Å². The Labute approximate surface area is 190 Å². The Hall–Kier alpha value is -3.71. The monoisotopic (exact) mass is 445 g/mol. The van der Waals surface area contributed by atoms with Crippen LogP contribution in [0.2, 0.25) is 0 Å². The van der Waals surface area contributed by atoms with Crippen molar-refractivity contribution in [2.45, 2.75) is 13.3 Å². The van der Waals surface area contributed by atoms with Crippen LogP contribution < -0.4 is 14.5 Å². The SMILES string of the molecule is CCOc1ccc(/C=N/N(C(=O)Cc2ccccc2)c2nc3ccc(OC)cc3s2)cc1. The topological polar surface area (TPSA) is 64.0 Å². The number of hydrogen-bond donors (Lipinski definition) is 0. The summed E-state index contributed by atoms with van der Waals surface area (Å²) in [7, 11) is 1.62. The van der Waals surface area contributed by atoms with Gasteiger partial charge in [-0.15, -0.1) is 0 Å². The number of carbonyl (C=O) groups is 1. The third-order valence-corrected chi connectivity index (χ3v) is 5.71. The number of thiazole rings is 1. The van der Waals surface area contributed by atoms with Gasteiger partial charge in [-0.3, -0.25) is 4.79 Å². The van der Waals surface area contributed by atoms with Crippen LogP contribution in [-0.2, 0) is 11.2 Å². The van der Waals surface area contributed by atoms with E-state index in [2.05, 4.69) is 10.1 Å². The van der Waals surface area contributed by atoms with E-state index in [0.29, 0.717) is 11.7 Å². The van der Waals surface area contributed by atoms with Gasteiger partial charge in [-0.2, -0.15) is 10.1 Å². The molecule has 0 radical (unpaired) electrons. The molecule has 6 nitrogen and oxygen atoms in total. The number of methoxy groups -OCH3 is 1. The van der Waals surface area contributed by atoms with Crippen LogP contribution in [0.1, 0.15) is 18.1 Å². The molecule has 1 heterocycles. The molecule has 1 aromatic heterocycles. The smallest absolute Gasteiger partial charge is 0.253 e. The van der Waals surface area contributed by atoms with E-state index in [1.165, 1.54) is 16.3 Å². The lowest BCUT2D eigenvalue weighted by atomic mass is 10.1. The van der Waals surface area contributed by atoms with Gasteiger partial charge in [0.25, 0.3) is 5.91 Å². The van der Waals surface area contributed by atoms with Crippen molar-refractivity contribution < 1.29 is 14.3 Å². The molecular formula is C25H23N3O3S. The molecule has 0 saturated heterocycles. The summed E-state index contributed by atoms with van der Waals surface area (Å²) < 4.78 is 11.7. The number of benzene rings is 3. The average Bonchev–Trinajstić information content (AvgIpc) is 3.24. The summed E-state index contributed by atoms with van der Waals surface area (Å²) >= 11 is 1.40. The highest BCUT2D eigenvalue weighted by molar-refractivity contribution is 7.22. The average molecular weight is 446 g/mol. The number of carbonyl (C=O) groups excluding carboxylic acids is 1.